The molecule has 1 aliphatic heterocycles. The Morgan fingerprint density at radius 2 is 2.23 bits per heavy atom. The molecule has 0 saturated carbocycles. The van der Waals surface area contributed by atoms with Crippen molar-refractivity contribution in [3.05, 3.63) is 51.3 Å². The normalized spacial score (nSPS) is 17.1. The first kappa shape index (κ1) is 22.6. The summed E-state index contributed by atoms with van der Waals surface area (Å²) in [7, 11) is 0. The van der Waals surface area contributed by atoms with Gasteiger partial charge in [0, 0.05) is 6.61 Å². The Bertz CT molecular complexity index is 1040. The molecule has 0 radical (unpaired) electrons. The molecule has 2 aromatic heterocycles. The van der Waals surface area contributed by atoms with Gasteiger partial charge < -0.3 is 10.1 Å². The van der Waals surface area contributed by atoms with E-state index in [4.69, 9.17) is 27.9 Å². The lowest BCUT2D eigenvalue weighted by molar-refractivity contribution is -0.119. The number of benzene rings is 1. The minimum absolute atomic E-state index is 0.0899. The van der Waals surface area contributed by atoms with Gasteiger partial charge in [0.05, 0.1) is 39.4 Å². The Morgan fingerprint density at radius 1 is 1.35 bits per heavy atom. The molecule has 2 atom stereocenters. The quantitative estimate of drug-likeness (QED) is 0.419. The second kappa shape index (κ2) is 10.4. The zero-order valence-corrected chi connectivity index (χ0v) is 20.0. The predicted molar refractivity (Wildman–Crippen MR) is 126 cm³/mol. The minimum Gasteiger partial charge on any atom is -0.376 e. The van der Waals surface area contributed by atoms with E-state index in [-0.39, 0.29) is 23.8 Å². The van der Waals surface area contributed by atoms with Crippen molar-refractivity contribution in [2.75, 3.05) is 12.4 Å². The molecule has 1 saturated heterocycles. The van der Waals surface area contributed by atoms with E-state index in [0.29, 0.717) is 16.6 Å². The highest BCUT2D eigenvalue weighted by molar-refractivity contribution is 7.99. The molecular weight excluding hydrogens is 475 g/mol. The lowest BCUT2D eigenvalue weighted by atomic mass is 10.1. The van der Waals surface area contributed by atoms with E-state index in [9.17, 15) is 4.79 Å². The fraction of sp³-hybridized carbons (Fsp3) is 0.381. The molecule has 2 unspecified atom stereocenters. The van der Waals surface area contributed by atoms with Gasteiger partial charge in [-0.3, -0.25) is 9.36 Å². The van der Waals surface area contributed by atoms with Crippen LogP contribution in [0.4, 0.5) is 0 Å². The number of nitrogens with one attached hydrogen (secondary N) is 1. The molecule has 6 nitrogen and oxygen atoms in total. The lowest BCUT2D eigenvalue weighted by Crippen LogP contribution is -2.28. The van der Waals surface area contributed by atoms with Gasteiger partial charge in [-0.05, 0) is 48.9 Å². The van der Waals surface area contributed by atoms with Gasteiger partial charge in [0.2, 0.25) is 5.91 Å². The Balaban J connectivity index is 1.42. The SMILES string of the molecule is CC(NC(=O)CSc1nnc(-c2cccs2)n1CC1CCCO1)c1ccc(Cl)c(Cl)c1. The molecule has 1 N–H and O–H groups in total. The largest absolute Gasteiger partial charge is 0.376 e. The van der Waals surface area contributed by atoms with Crippen LogP contribution in [0.1, 0.15) is 31.4 Å². The molecule has 3 heterocycles. The van der Waals surface area contributed by atoms with E-state index in [1.165, 1.54) is 11.8 Å². The fourth-order valence-corrected chi connectivity index (χ4v) is 5.20. The molecule has 1 aromatic carbocycles. The van der Waals surface area contributed by atoms with Crippen LogP contribution in [0.3, 0.4) is 0 Å². The van der Waals surface area contributed by atoms with Crippen LogP contribution in [0.25, 0.3) is 10.7 Å². The maximum absolute atomic E-state index is 12.6. The molecule has 4 rings (SSSR count). The highest BCUT2D eigenvalue weighted by Gasteiger charge is 2.23. The highest BCUT2D eigenvalue weighted by Crippen LogP contribution is 2.29. The topological polar surface area (TPSA) is 69.0 Å². The number of aromatic nitrogens is 3. The number of rotatable bonds is 8. The van der Waals surface area contributed by atoms with Gasteiger partial charge in [-0.1, -0.05) is 47.1 Å². The smallest absolute Gasteiger partial charge is 0.230 e. The molecule has 0 aliphatic carbocycles. The summed E-state index contributed by atoms with van der Waals surface area (Å²) in [6.07, 6.45) is 2.24. The summed E-state index contributed by atoms with van der Waals surface area (Å²) < 4.78 is 7.89. The number of thioether (sulfide) groups is 1. The van der Waals surface area contributed by atoms with Crippen LogP contribution in [-0.2, 0) is 16.1 Å². The van der Waals surface area contributed by atoms with Crippen molar-refractivity contribution in [3.8, 4) is 10.7 Å². The second-order valence-electron chi connectivity index (χ2n) is 7.28. The van der Waals surface area contributed by atoms with Crippen LogP contribution < -0.4 is 5.32 Å². The Hall–Kier alpha value is -1.58. The van der Waals surface area contributed by atoms with Crippen molar-refractivity contribution in [2.24, 2.45) is 0 Å². The van der Waals surface area contributed by atoms with Gasteiger partial charge >= 0.3 is 0 Å². The summed E-state index contributed by atoms with van der Waals surface area (Å²) >= 11 is 15.1. The van der Waals surface area contributed by atoms with E-state index in [0.717, 1.165) is 40.9 Å². The first-order valence-electron chi connectivity index (χ1n) is 9.97. The summed E-state index contributed by atoms with van der Waals surface area (Å²) in [6.45, 7) is 3.39. The number of halogens is 2. The van der Waals surface area contributed by atoms with Crippen molar-refractivity contribution in [2.45, 2.75) is 43.6 Å². The fourth-order valence-electron chi connectivity index (χ4n) is 3.42. The van der Waals surface area contributed by atoms with Crippen molar-refractivity contribution in [1.29, 1.82) is 0 Å². The summed E-state index contributed by atoms with van der Waals surface area (Å²) in [5, 5.41) is 15.5. The van der Waals surface area contributed by atoms with Crippen LogP contribution in [0, 0.1) is 0 Å². The molecule has 1 amide bonds. The van der Waals surface area contributed by atoms with E-state index < -0.39 is 0 Å². The minimum atomic E-state index is -0.186. The molecule has 164 valence electrons. The molecule has 0 bridgehead atoms. The van der Waals surface area contributed by atoms with Gasteiger partial charge in [0.1, 0.15) is 0 Å². The van der Waals surface area contributed by atoms with E-state index >= 15 is 0 Å². The lowest BCUT2D eigenvalue weighted by Gasteiger charge is -2.16. The number of amides is 1. The van der Waals surface area contributed by atoms with Crippen LogP contribution in [-0.4, -0.2) is 39.1 Å². The third-order valence-corrected chi connectivity index (χ3v) is 7.59. The third-order valence-electron chi connectivity index (χ3n) is 5.02. The average Bonchev–Trinajstić information content (AvgIpc) is 3.51. The summed E-state index contributed by atoms with van der Waals surface area (Å²) in [6, 6.07) is 9.20. The van der Waals surface area contributed by atoms with Crippen molar-refractivity contribution in [1.82, 2.24) is 20.1 Å². The number of hydrogen-bond donors (Lipinski definition) is 1. The van der Waals surface area contributed by atoms with E-state index in [1.54, 1.807) is 23.5 Å². The molecule has 0 spiro atoms. The average molecular weight is 497 g/mol. The first-order valence-corrected chi connectivity index (χ1v) is 12.6. The first-order chi connectivity index (χ1) is 15.0. The van der Waals surface area contributed by atoms with E-state index in [1.807, 2.05) is 30.5 Å². The second-order valence-corrected chi connectivity index (χ2v) is 9.99. The predicted octanol–water partition coefficient (Wildman–Crippen LogP) is 5.46. The summed E-state index contributed by atoms with van der Waals surface area (Å²) in [5.41, 5.74) is 0.897. The number of nitrogens with zero attached hydrogens (tertiary/aromatic N) is 3. The molecule has 10 heteroatoms. The number of thiophene rings is 1. The maximum Gasteiger partial charge on any atom is 0.230 e. The molecule has 1 fully saturated rings. The highest BCUT2D eigenvalue weighted by atomic mass is 35.5. The van der Waals surface area contributed by atoms with Gasteiger partial charge in [-0.25, -0.2) is 0 Å². The van der Waals surface area contributed by atoms with Crippen LogP contribution in [0.5, 0.6) is 0 Å². The van der Waals surface area contributed by atoms with Crippen LogP contribution >= 0.6 is 46.3 Å². The van der Waals surface area contributed by atoms with Gasteiger partial charge in [-0.15, -0.1) is 21.5 Å². The number of ether oxygens (including phenoxy) is 1. The van der Waals surface area contributed by atoms with Crippen molar-refractivity contribution < 1.29 is 9.53 Å². The summed E-state index contributed by atoms with van der Waals surface area (Å²) in [4.78, 5) is 13.6. The van der Waals surface area contributed by atoms with Gasteiger partial charge in [0.15, 0.2) is 11.0 Å². The molecule has 3 aromatic rings. The zero-order valence-electron chi connectivity index (χ0n) is 16.9. The number of carbonyl (C=O) groups is 1. The maximum atomic E-state index is 12.6. The molecule has 31 heavy (non-hydrogen) atoms. The Kier molecular flexibility index (Phi) is 7.55. The zero-order chi connectivity index (χ0) is 21.8. The summed E-state index contributed by atoms with van der Waals surface area (Å²) in [5.74, 6) is 0.963. The Labute approximate surface area is 199 Å². The van der Waals surface area contributed by atoms with Crippen LogP contribution in [0.15, 0.2) is 40.9 Å². The molecular formula is C21H22Cl2N4O2S2. The standard InChI is InChI=1S/C21H22Cl2N4O2S2/c1-13(14-6-7-16(22)17(23)10-14)24-19(28)12-31-21-26-25-20(18-5-3-9-30-18)27(21)11-15-4-2-8-29-15/h3,5-7,9-10,13,15H,2,4,8,11-12H2,1H3,(H,24,28). The molecule has 1 aliphatic rings. The number of hydrogen-bond acceptors (Lipinski definition) is 6. The van der Waals surface area contributed by atoms with Crippen molar-refractivity contribution in [3.63, 3.8) is 0 Å². The van der Waals surface area contributed by atoms with Crippen LogP contribution in [0.2, 0.25) is 10.0 Å². The Morgan fingerprint density at radius 3 is 2.94 bits per heavy atom. The van der Waals surface area contributed by atoms with Gasteiger partial charge in [0.25, 0.3) is 0 Å². The van der Waals surface area contributed by atoms with E-state index in [2.05, 4.69) is 20.1 Å². The third kappa shape index (κ3) is 5.62. The number of carbonyl (C=O) groups excluding carboxylic acids is 1. The monoisotopic (exact) mass is 496 g/mol. The van der Waals surface area contributed by atoms with Crippen molar-refractivity contribution >= 4 is 52.2 Å². The van der Waals surface area contributed by atoms with Gasteiger partial charge in [-0.2, -0.15) is 0 Å².